The van der Waals surface area contributed by atoms with Crippen molar-refractivity contribution in [1.29, 1.82) is 0 Å². The van der Waals surface area contributed by atoms with Crippen LogP contribution >= 0.6 is 0 Å². The van der Waals surface area contributed by atoms with Gasteiger partial charge in [0.15, 0.2) is 36.3 Å². The molecule has 1 aliphatic rings. The number of carbonyl (C=O) groups excluding carboxylic acids is 4. The molecule has 1 aliphatic heterocycles. The summed E-state index contributed by atoms with van der Waals surface area (Å²) in [6.07, 6.45) is 6.36. The monoisotopic (exact) mass is 579 g/mol. The molecule has 0 atom stereocenters. The summed E-state index contributed by atoms with van der Waals surface area (Å²) in [7, 11) is 0. The van der Waals surface area contributed by atoms with Crippen LogP contribution in [0.3, 0.4) is 0 Å². The van der Waals surface area contributed by atoms with Crippen LogP contribution in [0.15, 0.2) is 51.6 Å². The molecule has 1 saturated heterocycles. The van der Waals surface area contributed by atoms with Crippen molar-refractivity contribution < 1.29 is 55.8 Å². The van der Waals surface area contributed by atoms with Crippen LogP contribution in [0.2, 0.25) is 0 Å². The molecule has 3 rings (SSSR count). The van der Waals surface area contributed by atoms with Gasteiger partial charge in [-0.15, -0.1) is 0 Å². The van der Waals surface area contributed by atoms with Gasteiger partial charge >= 0.3 is 35.5 Å². The maximum atomic E-state index is 12.2. The van der Waals surface area contributed by atoms with Crippen LogP contribution in [0.1, 0.15) is 42.3 Å². The van der Waals surface area contributed by atoms with Crippen molar-refractivity contribution in [2.45, 2.75) is 52.4 Å². The lowest BCUT2D eigenvalue weighted by Gasteiger charge is -2.33. The van der Waals surface area contributed by atoms with Crippen molar-refractivity contribution in [2.75, 3.05) is 26.3 Å². The van der Waals surface area contributed by atoms with Gasteiger partial charge in [0.05, 0.1) is 6.04 Å². The summed E-state index contributed by atoms with van der Waals surface area (Å²) >= 11 is 0. The molecule has 0 aromatic carbocycles. The molecule has 222 valence electrons. The average Bonchev–Trinajstić information content (AvgIpc) is 3.45. The summed E-state index contributed by atoms with van der Waals surface area (Å²) in [5.74, 6) is -4.81. The van der Waals surface area contributed by atoms with Gasteiger partial charge in [-0.25, -0.2) is 28.8 Å². The van der Waals surface area contributed by atoms with E-state index in [1.165, 1.54) is 13.8 Å². The van der Waals surface area contributed by atoms with Crippen LogP contribution in [-0.4, -0.2) is 61.1 Å². The van der Waals surface area contributed by atoms with E-state index in [0.717, 1.165) is 43.6 Å². The number of esters is 4. The molecule has 15 heteroatoms. The third-order valence-electron chi connectivity index (χ3n) is 5.82. The van der Waals surface area contributed by atoms with Crippen LogP contribution in [-0.2, 0) is 51.3 Å². The molecule has 0 N–H and O–H groups in total. The van der Waals surface area contributed by atoms with Crippen LogP contribution in [0.25, 0.3) is 0 Å². The first kappa shape index (κ1) is 30.9. The second-order valence-electron chi connectivity index (χ2n) is 8.76. The van der Waals surface area contributed by atoms with Crippen molar-refractivity contribution in [1.82, 2.24) is 4.90 Å². The minimum atomic E-state index is -0.922. The van der Waals surface area contributed by atoms with Gasteiger partial charge in [-0.2, -0.15) is 0 Å². The minimum absolute atomic E-state index is 0.0455. The summed E-state index contributed by atoms with van der Waals surface area (Å²) in [5.41, 5.74) is 0. The maximum Gasteiger partial charge on any atom is 0.519 e. The summed E-state index contributed by atoms with van der Waals surface area (Å²) in [4.78, 5) is 72.1. The lowest BCUT2D eigenvalue weighted by Crippen LogP contribution is -2.45. The zero-order valence-corrected chi connectivity index (χ0v) is 22.4. The zero-order valence-electron chi connectivity index (χ0n) is 22.4. The van der Waals surface area contributed by atoms with Crippen molar-refractivity contribution in [3.05, 3.63) is 68.6 Å². The molecule has 0 saturated carbocycles. The fourth-order valence-electron chi connectivity index (χ4n) is 3.65. The van der Waals surface area contributed by atoms with E-state index in [2.05, 4.69) is 8.83 Å². The Balaban J connectivity index is 1.44. The molecule has 1 fully saturated rings. The lowest BCUT2D eigenvalue weighted by molar-refractivity contribution is -0.146. The second-order valence-corrected chi connectivity index (χ2v) is 8.76. The molecule has 2 aromatic heterocycles. The molecule has 15 nitrogen and oxygen atoms in total. The van der Waals surface area contributed by atoms with E-state index in [1.54, 1.807) is 0 Å². The molecule has 0 bridgehead atoms. The number of hydrogen-bond donors (Lipinski definition) is 0. The average molecular weight is 580 g/mol. The normalized spacial score (nSPS) is 14.0. The van der Waals surface area contributed by atoms with Gasteiger partial charge in [-0.3, -0.25) is 4.90 Å². The largest absolute Gasteiger partial charge is 0.519 e. The van der Waals surface area contributed by atoms with E-state index in [4.69, 9.17) is 27.8 Å². The Morgan fingerprint density at radius 3 is 1.41 bits per heavy atom. The number of aryl methyl sites for hydroxylation is 2. The molecule has 0 unspecified atom stereocenters. The number of piperidine rings is 1. The molecule has 2 aromatic rings. The third-order valence-corrected chi connectivity index (χ3v) is 5.82. The predicted octanol–water partition coefficient (Wildman–Crippen LogP) is 1.24. The number of hydrogen-bond acceptors (Lipinski definition) is 15. The van der Waals surface area contributed by atoms with E-state index >= 15 is 0 Å². The van der Waals surface area contributed by atoms with E-state index in [9.17, 15) is 28.8 Å². The fourth-order valence-corrected chi connectivity index (χ4v) is 3.65. The summed E-state index contributed by atoms with van der Waals surface area (Å²) in [5, 5.41) is 0. The van der Waals surface area contributed by atoms with Crippen molar-refractivity contribution in [3.8, 4) is 0 Å². The number of nitrogens with zero attached hydrogens (tertiary/aromatic N) is 1. The Labute approximate surface area is 232 Å². The van der Waals surface area contributed by atoms with Gasteiger partial charge in [-0.1, -0.05) is 6.42 Å². The predicted molar refractivity (Wildman–Crippen MR) is 133 cm³/mol. The topological polar surface area (TPSA) is 195 Å². The Morgan fingerprint density at radius 1 is 0.659 bits per heavy atom. The lowest BCUT2D eigenvalue weighted by atomic mass is 10.1. The number of likely N-dealkylation sites (tertiary alicyclic amines) is 1. The zero-order chi connectivity index (χ0) is 29.8. The van der Waals surface area contributed by atoms with Gasteiger partial charge in [0.1, 0.15) is 13.2 Å². The van der Waals surface area contributed by atoms with Gasteiger partial charge in [-0.05, 0) is 39.8 Å². The van der Waals surface area contributed by atoms with Crippen molar-refractivity contribution in [3.63, 3.8) is 0 Å². The number of carbonyl (C=O) groups is 4. The summed E-state index contributed by atoms with van der Waals surface area (Å²) in [6.45, 7) is 3.37. The fraction of sp³-hybridized carbons (Fsp3) is 0.462. The molecule has 0 radical (unpaired) electrons. The van der Waals surface area contributed by atoms with Gasteiger partial charge < -0.3 is 36.6 Å². The van der Waals surface area contributed by atoms with Crippen molar-refractivity contribution >= 4 is 23.9 Å². The summed E-state index contributed by atoms with van der Waals surface area (Å²) in [6, 6.07) is -0.470. The Bertz CT molecular complexity index is 1280. The van der Waals surface area contributed by atoms with Gasteiger partial charge in [0, 0.05) is 24.3 Å². The molecule has 0 aliphatic carbocycles. The Hall–Kier alpha value is -4.66. The van der Waals surface area contributed by atoms with Gasteiger partial charge in [0.25, 0.3) is 0 Å². The standard InChI is InChI=1S/C26H29NO14/c1-16-19(40-25(32)38-16)14-36-23(30)8-6-21(28)34-12-18(27-10-4-3-5-11-27)13-35-22(29)7-9-24(31)37-15-20-17(2)39-26(33)41-20/h6-9,18H,3-5,10-15H2,1-2H3/b8-6+,9-7+. The number of rotatable bonds is 13. The van der Waals surface area contributed by atoms with E-state index < -0.39 is 41.6 Å². The highest BCUT2D eigenvalue weighted by atomic mass is 16.6. The SMILES string of the molecule is Cc1oc(=O)oc1COC(=O)/C=C/C(=O)OCC(COC(=O)/C=C/C(=O)OCc1oc(=O)oc1C)N1CCCCC1. The van der Waals surface area contributed by atoms with Gasteiger partial charge in [0.2, 0.25) is 0 Å². The Kier molecular flexibility index (Phi) is 11.5. The molecular formula is C26H29NO14. The van der Waals surface area contributed by atoms with E-state index in [0.29, 0.717) is 13.1 Å². The first-order valence-electron chi connectivity index (χ1n) is 12.6. The quantitative estimate of drug-likeness (QED) is 0.187. The first-order chi connectivity index (χ1) is 19.6. The minimum Gasteiger partial charge on any atom is -0.461 e. The van der Waals surface area contributed by atoms with Crippen LogP contribution in [0.5, 0.6) is 0 Å². The van der Waals surface area contributed by atoms with Crippen LogP contribution < -0.4 is 11.6 Å². The molecule has 3 heterocycles. The molecular weight excluding hydrogens is 550 g/mol. The van der Waals surface area contributed by atoms with Crippen LogP contribution in [0, 0.1) is 13.8 Å². The number of ether oxygens (including phenoxy) is 4. The molecule has 41 heavy (non-hydrogen) atoms. The highest BCUT2D eigenvalue weighted by Gasteiger charge is 2.23. The highest BCUT2D eigenvalue weighted by molar-refractivity contribution is 5.92. The maximum absolute atomic E-state index is 12.2. The van der Waals surface area contributed by atoms with Crippen molar-refractivity contribution in [2.24, 2.45) is 0 Å². The van der Waals surface area contributed by atoms with E-state index in [-0.39, 0.29) is 49.5 Å². The second kappa shape index (κ2) is 15.2. The third kappa shape index (κ3) is 10.4. The van der Waals surface area contributed by atoms with E-state index in [1.807, 2.05) is 4.90 Å². The van der Waals surface area contributed by atoms with Crippen LogP contribution in [0.4, 0.5) is 0 Å². The highest BCUT2D eigenvalue weighted by Crippen LogP contribution is 2.14. The summed E-state index contributed by atoms with van der Waals surface area (Å²) < 4.78 is 39.0. The molecule has 0 amide bonds. The smallest absolute Gasteiger partial charge is 0.461 e. The molecule has 0 spiro atoms. The first-order valence-corrected chi connectivity index (χ1v) is 12.6. The Morgan fingerprint density at radius 2 is 1.05 bits per heavy atom.